The Labute approximate surface area is 472 Å². The van der Waals surface area contributed by atoms with E-state index in [0.717, 1.165) is 22.3 Å². The van der Waals surface area contributed by atoms with Gasteiger partial charge < -0.3 is 15.0 Å². The van der Waals surface area contributed by atoms with Gasteiger partial charge in [-0.25, -0.2) is 0 Å². The molecule has 0 saturated carbocycles. The van der Waals surface area contributed by atoms with Gasteiger partial charge >= 0.3 is 20.1 Å². The van der Waals surface area contributed by atoms with Crippen molar-refractivity contribution in [2.75, 3.05) is 0 Å². The van der Waals surface area contributed by atoms with Gasteiger partial charge in [0.15, 0.2) is 0 Å². The molecule has 0 radical (unpaired) electrons. The van der Waals surface area contributed by atoms with E-state index in [0.29, 0.717) is 101 Å². The Balaban J connectivity index is 0.00000752. The Morgan fingerprint density at radius 1 is 0.276 bits per heavy atom. The maximum atomic E-state index is 9.03. The maximum Gasteiger partial charge on any atom is 3.00 e. The van der Waals surface area contributed by atoms with Crippen LogP contribution >= 0.6 is 0 Å². The smallest absolute Gasteiger partial charge is 0.304 e. The van der Waals surface area contributed by atoms with Crippen LogP contribution in [-0.4, -0.2) is 15.0 Å². The van der Waals surface area contributed by atoms with Crippen LogP contribution in [0.2, 0.25) is 0 Å². The molecular formula is C72H50IrN3. The molecule has 12 rings (SSSR count). The van der Waals surface area contributed by atoms with Gasteiger partial charge in [-0.1, -0.05) is 140 Å². The number of rotatable bonds is 11. The van der Waals surface area contributed by atoms with Crippen LogP contribution in [0.4, 0.5) is 0 Å². The van der Waals surface area contributed by atoms with E-state index < -0.39 is 20.6 Å². The number of benzene rings is 9. The normalized spacial score (nSPS) is 13.2. The van der Waals surface area contributed by atoms with Crippen molar-refractivity contribution in [3.63, 3.8) is 0 Å². The Kier molecular flexibility index (Phi) is 11.4. The van der Waals surface area contributed by atoms with Crippen LogP contribution < -0.4 is 0 Å². The quantitative estimate of drug-likeness (QED) is 0.121. The molecule has 0 aliphatic heterocycles. The molecule has 362 valence electrons. The van der Waals surface area contributed by atoms with Crippen molar-refractivity contribution in [3.8, 4) is 123 Å². The van der Waals surface area contributed by atoms with Crippen LogP contribution in [0.25, 0.3) is 123 Å². The minimum Gasteiger partial charge on any atom is -0.304 e. The number of hydrogen-bond donors (Lipinski definition) is 0. The number of pyridine rings is 3. The summed E-state index contributed by atoms with van der Waals surface area (Å²) in [7, 11) is 0. The molecule has 3 heterocycles. The van der Waals surface area contributed by atoms with Crippen LogP contribution in [0.1, 0.15) is 29.0 Å². The van der Waals surface area contributed by atoms with Gasteiger partial charge in [0.05, 0.1) is 0 Å². The molecule has 76 heavy (non-hydrogen) atoms. The summed E-state index contributed by atoms with van der Waals surface area (Å²) in [5.41, 5.74) is 14.9. The molecule has 0 N–H and O–H groups in total. The van der Waals surface area contributed by atoms with Crippen molar-refractivity contribution in [2.45, 2.75) is 20.6 Å². The largest absolute Gasteiger partial charge is 3.00 e. The maximum absolute atomic E-state index is 9.03. The van der Waals surface area contributed by atoms with E-state index in [1.54, 1.807) is 48.9 Å². The van der Waals surface area contributed by atoms with Gasteiger partial charge in [0, 0.05) is 47.6 Å². The summed E-state index contributed by atoms with van der Waals surface area (Å²) in [6.45, 7) is -7.67. The zero-order chi connectivity index (χ0) is 58.2. The molecule has 3 aromatic heterocycles. The standard InChI is InChI=1S/C72H50N3.Ir/c1-48-37-70(52-23-9-5-10-24-52)73-45-67(48)64-34-16-13-31-61(64)58-42-59(62-32-14-17-35-65(62)68-46-74-71(38-49(68)2)53-25-11-6-12-26-53)44-60(43-58)63-33-15-18-36-66(63)69-47-75-72(39-50(69)3)57-30-20-29-56(41-57)55-28-19-27-54(40-55)51-21-7-4-8-22-51;/h4-23,25,27-29,31-47H,1-3H3;/q-3;+3/i1D3,2D3,3D3;. The van der Waals surface area contributed by atoms with E-state index in [2.05, 4.69) is 42.5 Å². The van der Waals surface area contributed by atoms with E-state index in [4.69, 9.17) is 27.3 Å². The Hall–Kier alpha value is -8.92. The van der Waals surface area contributed by atoms with Gasteiger partial charge in [0.1, 0.15) is 0 Å². The molecule has 0 amide bonds. The third-order valence-corrected chi connectivity index (χ3v) is 13.6. The van der Waals surface area contributed by atoms with Crippen molar-refractivity contribution < 1.29 is 32.4 Å². The van der Waals surface area contributed by atoms with E-state index in [1.165, 1.54) is 0 Å². The predicted molar refractivity (Wildman–Crippen MR) is 310 cm³/mol. The molecule has 0 spiro atoms. The SMILES string of the molecule is [2H]C([2H])([2H])c1cc(-c2[c-]cccc2)ncc1-c1ccccc1-c1cc(-c2ccccc2-c2cnc(-c3[c-]cccc3)cc2C([2H])([2H])[2H])cc(-c2ccccc2-c2cnc(-c3[c-]ccc(-c4cccc(-c5ccccc5)c4)c3)cc2C([2H])([2H])[2H])c1.[Ir+3]. The van der Waals surface area contributed by atoms with Crippen molar-refractivity contribution in [3.05, 3.63) is 284 Å². The molecule has 4 heteroatoms. The Morgan fingerprint density at radius 3 is 1.07 bits per heavy atom. The molecule has 12 aromatic rings. The van der Waals surface area contributed by atoms with Gasteiger partial charge in [-0.15, -0.1) is 107 Å². The van der Waals surface area contributed by atoms with Crippen LogP contribution in [0.5, 0.6) is 0 Å². The van der Waals surface area contributed by atoms with E-state index in [1.807, 2.05) is 176 Å². The van der Waals surface area contributed by atoms with Gasteiger partial charge in [0.2, 0.25) is 0 Å². The minimum absolute atomic E-state index is 0. The van der Waals surface area contributed by atoms with E-state index >= 15 is 0 Å². The fourth-order valence-corrected chi connectivity index (χ4v) is 9.86. The number of hydrogen-bond acceptors (Lipinski definition) is 3. The molecule has 0 unspecified atom stereocenters. The third kappa shape index (κ3) is 10.0. The molecule has 0 aliphatic rings. The molecular weight excluding hydrogens is 1100 g/mol. The third-order valence-electron chi connectivity index (χ3n) is 13.6. The Morgan fingerprint density at radius 2 is 0.632 bits per heavy atom. The zero-order valence-corrected chi connectivity index (χ0v) is 43.2. The van der Waals surface area contributed by atoms with Crippen molar-refractivity contribution in [2.24, 2.45) is 0 Å². The summed E-state index contributed by atoms with van der Waals surface area (Å²) in [4.78, 5) is 14.6. The van der Waals surface area contributed by atoms with Crippen molar-refractivity contribution in [1.82, 2.24) is 15.0 Å². The van der Waals surface area contributed by atoms with Crippen LogP contribution in [-0.2, 0) is 20.1 Å². The first-order valence-electron chi connectivity index (χ1n) is 29.1. The molecule has 3 nitrogen and oxygen atoms in total. The summed E-state index contributed by atoms with van der Waals surface area (Å²) in [5.74, 6) is 0. The summed E-state index contributed by atoms with van der Waals surface area (Å²) < 4.78 is 80.1. The molecule has 0 aliphatic carbocycles. The van der Waals surface area contributed by atoms with Crippen molar-refractivity contribution >= 4 is 0 Å². The molecule has 0 saturated heterocycles. The summed E-state index contributed by atoms with van der Waals surface area (Å²) in [6.07, 6.45) is 4.84. The summed E-state index contributed by atoms with van der Waals surface area (Å²) in [6, 6.07) is 82.2. The number of aromatic nitrogens is 3. The van der Waals surface area contributed by atoms with E-state index in [9.17, 15) is 0 Å². The van der Waals surface area contributed by atoms with E-state index in [-0.39, 0.29) is 36.8 Å². The molecule has 0 atom stereocenters. The average Bonchev–Trinajstić information content (AvgIpc) is 2.18. The van der Waals surface area contributed by atoms with Gasteiger partial charge in [-0.05, 0) is 145 Å². The van der Waals surface area contributed by atoms with Gasteiger partial charge in [0.25, 0.3) is 0 Å². The van der Waals surface area contributed by atoms with Crippen LogP contribution in [0, 0.1) is 38.8 Å². The second kappa shape index (κ2) is 21.9. The summed E-state index contributed by atoms with van der Waals surface area (Å²) in [5, 5.41) is 0. The topological polar surface area (TPSA) is 38.7 Å². The fourth-order valence-electron chi connectivity index (χ4n) is 9.86. The number of nitrogens with zero attached hydrogens (tertiary/aromatic N) is 3. The Bertz CT molecular complexity index is 4230. The first-order chi connectivity index (χ1) is 40.5. The molecule has 9 aromatic carbocycles. The van der Waals surface area contributed by atoms with Crippen molar-refractivity contribution in [1.29, 1.82) is 0 Å². The minimum atomic E-state index is -2.59. The first-order valence-corrected chi connectivity index (χ1v) is 24.6. The number of aryl methyl sites for hydroxylation is 3. The molecule has 0 fully saturated rings. The molecule has 0 bridgehead atoms. The van der Waals surface area contributed by atoms with Crippen LogP contribution in [0.3, 0.4) is 0 Å². The zero-order valence-electron chi connectivity index (χ0n) is 49.8. The second-order valence-electron chi connectivity index (χ2n) is 18.3. The van der Waals surface area contributed by atoms with Gasteiger partial charge in [-0.3, -0.25) is 0 Å². The van der Waals surface area contributed by atoms with Crippen LogP contribution in [0.15, 0.2) is 249 Å². The summed E-state index contributed by atoms with van der Waals surface area (Å²) >= 11 is 0. The second-order valence-corrected chi connectivity index (χ2v) is 18.3. The monoisotopic (exact) mass is 1160 g/mol. The average molecular weight is 1160 g/mol. The van der Waals surface area contributed by atoms with Gasteiger partial charge in [-0.2, -0.15) is 0 Å². The first kappa shape index (κ1) is 39.5. The predicted octanol–water partition coefficient (Wildman–Crippen LogP) is 18.5. The fraction of sp³-hybridized carbons (Fsp3) is 0.0417.